The van der Waals surface area contributed by atoms with Crippen LogP contribution in [0.2, 0.25) is 0 Å². The Morgan fingerprint density at radius 2 is 0.925 bits per heavy atom. The molecule has 0 aliphatic rings. The number of unbranched alkanes of at least 4 members (excludes halogenated alkanes) is 20. The second-order valence-electron chi connectivity index (χ2n) is 15.2. The van der Waals surface area contributed by atoms with Gasteiger partial charge in [-0.2, -0.15) is 0 Å². The molecule has 0 saturated carbocycles. The highest BCUT2D eigenvalue weighted by Crippen LogP contribution is 2.17. The van der Waals surface area contributed by atoms with E-state index in [9.17, 15) is 9.59 Å². The molecule has 53 heavy (non-hydrogen) atoms. The first-order valence-corrected chi connectivity index (χ1v) is 22.9. The van der Waals surface area contributed by atoms with Gasteiger partial charge in [-0.3, -0.25) is 4.79 Å². The highest BCUT2D eigenvalue weighted by molar-refractivity contribution is 5.69. The SMILES string of the molecule is CCCCCCCCCCCCC(CCOC(=O)CCCCC(OCCCCCCCC)OCCCCCCCC)OC(=O)OCCCN(CC)CC. The number of esters is 1. The number of carbonyl (C=O) groups excluding carboxylic acids is 2. The van der Waals surface area contributed by atoms with Gasteiger partial charge in [0.2, 0.25) is 0 Å². The molecule has 0 bridgehead atoms. The molecule has 0 aromatic heterocycles. The van der Waals surface area contributed by atoms with Gasteiger partial charge in [0.05, 0.1) is 13.2 Å². The van der Waals surface area contributed by atoms with Crippen LogP contribution in [0.4, 0.5) is 4.79 Å². The number of hydrogen-bond acceptors (Lipinski definition) is 8. The number of rotatable bonds is 42. The third-order valence-corrected chi connectivity index (χ3v) is 10.3. The van der Waals surface area contributed by atoms with Crippen molar-refractivity contribution in [2.24, 2.45) is 0 Å². The number of carbonyl (C=O) groups is 2. The molecule has 0 fully saturated rings. The summed E-state index contributed by atoms with van der Waals surface area (Å²) in [6, 6.07) is 0. The van der Waals surface area contributed by atoms with E-state index in [1.165, 1.54) is 116 Å². The van der Waals surface area contributed by atoms with E-state index in [1.54, 1.807) is 0 Å². The van der Waals surface area contributed by atoms with Gasteiger partial charge in [-0.05, 0) is 64.5 Å². The van der Waals surface area contributed by atoms with E-state index < -0.39 is 6.16 Å². The molecule has 1 unspecified atom stereocenters. The van der Waals surface area contributed by atoms with E-state index in [0.29, 0.717) is 19.4 Å². The van der Waals surface area contributed by atoms with Crippen molar-refractivity contribution in [3.05, 3.63) is 0 Å². The van der Waals surface area contributed by atoms with Crippen LogP contribution in [0.1, 0.15) is 221 Å². The van der Waals surface area contributed by atoms with Crippen molar-refractivity contribution < 1.29 is 33.3 Å². The molecule has 0 aromatic rings. The molecular formula is C45H89NO7. The quantitative estimate of drug-likeness (QED) is 0.0346. The lowest BCUT2D eigenvalue weighted by atomic mass is 10.0. The predicted octanol–water partition coefficient (Wildman–Crippen LogP) is 13.1. The van der Waals surface area contributed by atoms with E-state index in [1.807, 2.05) is 0 Å². The minimum absolute atomic E-state index is 0.195. The summed E-state index contributed by atoms with van der Waals surface area (Å²) < 4.78 is 29.1. The van der Waals surface area contributed by atoms with Crippen molar-refractivity contribution >= 4 is 12.1 Å². The molecule has 0 heterocycles. The highest BCUT2D eigenvalue weighted by atomic mass is 16.7. The lowest BCUT2D eigenvalue weighted by Crippen LogP contribution is -2.26. The Labute approximate surface area is 328 Å². The summed E-state index contributed by atoms with van der Waals surface area (Å²) in [6.07, 6.45) is 31.2. The zero-order chi connectivity index (χ0) is 38.9. The summed E-state index contributed by atoms with van der Waals surface area (Å²) in [5.41, 5.74) is 0. The smallest absolute Gasteiger partial charge is 0.466 e. The Kier molecular flexibility index (Phi) is 40.7. The minimum Gasteiger partial charge on any atom is -0.466 e. The Morgan fingerprint density at radius 1 is 0.453 bits per heavy atom. The Bertz CT molecular complexity index is 745. The lowest BCUT2D eigenvalue weighted by Gasteiger charge is -2.19. The van der Waals surface area contributed by atoms with Gasteiger partial charge in [0.15, 0.2) is 6.29 Å². The summed E-state index contributed by atoms with van der Waals surface area (Å²) in [5.74, 6) is -0.195. The highest BCUT2D eigenvalue weighted by Gasteiger charge is 2.17. The normalized spacial score (nSPS) is 12.1. The van der Waals surface area contributed by atoms with Crippen LogP contribution in [-0.2, 0) is 28.5 Å². The van der Waals surface area contributed by atoms with Gasteiger partial charge in [-0.15, -0.1) is 0 Å². The molecule has 0 aromatic carbocycles. The third kappa shape index (κ3) is 37.3. The first kappa shape index (κ1) is 51.6. The molecule has 0 saturated heterocycles. The molecule has 0 radical (unpaired) electrons. The summed E-state index contributed by atoms with van der Waals surface area (Å²) >= 11 is 0. The van der Waals surface area contributed by atoms with Gasteiger partial charge in [-0.1, -0.05) is 157 Å². The first-order valence-electron chi connectivity index (χ1n) is 22.9. The second-order valence-corrected chi connectivity index (χ2v) is 15.2. The molecule has 0 aliphatic carbocycles. The van der Waals surface area contributed by atoms with E-state index in [4.69, 9.17) is 23.7 Å². The van der Waals surface area contributed by atoms with Gasteiger partial charge in [0, 0.05) is 32.6 Å². The zero-order valence-electron chi connectivity index (χ0n) is 35.9. The molecular weight excluding hydrogens is 666 g/mol. The van der Waals surface area contributed by atoms with Crippen molar-refractivity contribution in [1.29, 1.82) is 0 Å². The summed E-state index contributed by atoms with van der Waals surface area (Å²) in [6.45, 7) is 16.0. The van der Waals surface area contributed by atoms with Crippen LogP contribution in [0, 0.1) is 0 Å². The van der Waals surface area contributed by atoms with Crippen LogP contribution in [0.3, 0.4) is 0 Å². The zero-order valence-corrected chi connectivity index (χ0v) is 35.9. The topological polar surface area (TPSA) is 83.5 Å². The molecule has 0 amide bonds. The third-order valence-electron chi connectivity index (χ3n) is 10.3. The summed E-state index contributed by atoms with van der Waals surface area (Å²) in [7, 11) is 0. The number of hydrogen-bond donors (Lipinski definition) is 0. The minimum atomic E-state index is -0.611. The molecule has 0 spiro atoms. The molecule has 316 valence electrons. The fourth-order valence-corrected chi connectivity index (χ4v) is 6.64. The predicted molar refractivity (Wildman–Crippen MR) is 222 cm³/mol. The molecule has 8 nitrogen and oxygen atoms in total. The molecule has 0 N–H and O–H groups in total. The van der Waals surface area contributed by atoms with Crippen LogP contribution in [0.25, 0.3) is 0 Å². The van der Waals surface area contributed by atoms with Crippen molar-refractivity contribution in [3.8, 4) is 0 Å². The average Bonchev–Trinajstić information content (AvgIpc) is 3.16. The fraction of sp³-hybridized carbons (Fsp3) is 0.956. The second kappa shape index (κ2) is 41.8. The van der Waals surface area contributed by atoms with Crippen LogP contribution in [0.5, 0.6) is 0 Å². The van der Waals surface area contributed by atoms with Gasteiger partial charge in [-0.25, -0.2) is 4.79 Å². The first-order chi connectivity index (χ1) is 26.0. The fourth-order valence-electron chi connectivity index (χ4n) is 6.64. The van der Waals surface area contributed by atoms with Crippen LogP contribution in [0.15, 0.2) is 0 Å². The van der Waals surface area contributed by atoms with Gasteiger partial charge in [0.25, 0.3) is 0 Å². The maximum atomic E-state index is 12.6. The van der Waals surface area contributed by atoms with Crippen LogP contribution >= 0.6 is 0 Å². The van der Waals surface area contributed by atoms with Crippen molar-refractivity contribution in [3.63, 3.8) is 0 Å². The number of nitrogens with zero attached hydrogens (tertiary/aromatic N) is 1. The molecule has 1 atom stereocenters. The van der Waals surface area contributed by atoms with Gasteiger partial charge >= 0.3 is 12.1 Å². The monoisotopic (exact) mass is 756 g/mol. The maximum Gasteiger partial charge on any atom is 0.508 e. The van der Waals surface area contributed by atoms with E-state index in [-0.39, 0.29) is 25.0 Å². The van der Waals surface area contributed by atoms with Crippen LogP contribution < -0.4 is 0 Å². The van der Waals surface area contributed by atoms with Crippen molar-refractivity contribution in [2.75, 3.05) is 46.1 Å². The van der Waals surface area contributed by atoms with Gasteiger partial charge in [0.1, 0.15) is 6.10 Å². The molecule has 0 rings (SSSR count). The van der Waals surface area contributed by atoms with Crippen molar-refractivity contribution in [2.45, 2.75) is 233 Å². The molecule has 8 heteroatoms. The van der Waals surface area contributed by atoms with Gasteiger partial charge < -0.3 is 28.6 Å². The lowest BCUT2D eigenvalue weighted by molar-refractivity contribution is -0.150. The molecule has 0 aliphatic heterocycles. The standard InChI is InChI=1S/C45H89NO7/c1-6-11-14-17-20-21-22-23-24-27-33-42(53-45(48)52-40-32-37-46(9-4)10-5)36-41-49-43(47)34-28-29-35-44(50-38-30-25-18-15-12-7-2)51-39-31-26-19-16-13-8-3/h42,44H,6-41H2,1-5H3. The Balaban J connectivity index is 4.59. The van der Waals surface area contributed by atoms with E-state index in [2.05, 4.69) is 39.5 Å². The Morgan fingerprint density at radius 3 is 1.43 bits per heavy atom. The van der Waals surface area contributed by atoms with E-state index >= 15 is 0 Å². The Hall–Kier alpha value is -1.38. The summed E-state index contributed by atoms with van der Waals surface area (Å²) in [4.78, 5) is 27.5. The average molecular weight is 756 g/mol. The van der Waals surface area contributed by atoms with Crippen molar-refractivity contribution in [1.82, 2.24) is 4.90 Å². The maximum absolute atomic E-state index is 12.6. The largest absolute Gasteiger partial charge is 0.508 e. The van der Waals surface area contributed by atoms with Crippen LogP contribution in [-0.4, -0.2) is 75.5 Å². The number of ether oxygens (including phenoxy) is 5. The van der Waals surface area contributed by atoms with E-state index in [0.717, 1.165) is 90.6 Å². The summed E-state index contributed by atoms with van der Waals surface area (Å²) in [5, 5.41) is 0.